The maximum atomic E-state index is 2.43. The lowest BCUT2D eigenvalue weighted by Crippen LogP contribution is -2.15. The molecule has 11 aromatic rings. The van der Waals surface area contributed by atoms with Crippen molar-refractivity contribution in [2.45, 2.75) is 33.1 Å². The molecule has 1 aromatic heterocycles. The molecule has 0 aliphatic heterocycles. The number of aromatic nitrogens is 1. The number of para-hydroxylation sites is 1. The van der Waals surface area contributed by atoms with Gasteiger partial charge in [0.15, 0.2) is 0 Å². The molecule has 1 heterocycles. The van der Waals surface area contributed by atoms with Gasteiger partial charge in [0.05, 0.1) is 11.0 Å². The van der Waals surface area contributed by atoms with E-state index in [0.29, 0.717) is 0 Å². The van der Waals surface area contributed by atoms with Crippen LogP contribution in [0.3, 0.4) is 0 Å². The van der Waals surface area contributed by atoms with E-state index in [1.165, 1.54) is 99.3 Å². The summed E-state index contributed by atoms with van der Waals surface area (Å²) in [6, 6.07) is 80.8. The van der Waals surface area contributed by atoms with Gasteiger partial charge in [0.1, 0.15) is 0 Å². The highest BCUT2D eigenvalue weighted by Gasteiger charge is 2.35. The predicted octanol–water partition coefficient (Wildman–Crippen LogP) is 17.3. The number of fused-ring (bicyclic) bond motifs is 7. The highest BCUT2D eigenvalue weighted by molar-refractivity contribution is 6.16. The van der Waals surface area contributed by atoms with Crippen molar-refractivity contribution in [1.82, 2.24) is 4.57 Å². The van der Waals surface area contributed by atoms with Crippen LogP contribution in [0, 0.1) is 13.8 Å². The summed E-state index contributed by atoms with van der Waals surface area (Å²) in [4.78, 5) is 2.37. The molecule has 0 amide bonds. The molecular weight excluding hydrogens is 785 g/mol. The summed E-state index contributed by atoms with van der Waals surface area (Å²) in [5, 5.41) is 5.01. The summed E-state index contributed by atoms with van der Waals surface area (Å²) in [7, 11) is 0. The molecule has 0 saturated heterocycles. The molecule has 1 aliphatic rings. The van der Waals surface area contributed by atoms with E-state index in [2.05, 4.69) is 256 Å². The van der Waals surface area contributed by atoms with Crippen LogP contribution in [0.15, 0.2) is 218 Å². The van der Waals surface area contributed by atoms with E-state index in [0.717, 1.165) is 22.7 Å². The third kappa shape index (κ3) is 6.39. The lowest BCUT2D eigenvalue weighted by molar-refractivity contribution is 0.660. The van der Waals surface area contributed by atoms with Crippen molar-refractivity contribution in [3.8, 4) is 50.2 Å². The SMILES string of the molecule is Cc1ccc(N(c2ccc(-c3ccc4c(c3)C(C)(C)c3cc(C)ccc3-4)cc2)c2ccc(-c3cccc4c3c3ccccc3n4-c3cccc(-c4cccc5ccccc45)c3)cc2)cc1. The number of nitrogens with zero attached hydrogens (tertiary/aromatic N) is 2. The van der Waals surface area contributed by atoms with Crippen LogP contribution in [0.2, 0.25) is 0 Å². The van der Waals surface area contributed by atoms with E-state index in [4.69, 9.17) is 0 Å². The molecule has 2 nitrogen and oxygen atoms in total. The number of anilines is 3. The van der Waals surface area contributed by atoms with Crippen molar-refractivity contribution >= 4 is 49.6 Å². The number of rotatable bonds is 7. The Bertz CT molecular complexity index is 3620. The minimum atomic E-state index is -0.0474. The molecule has 310 valence electrons. The fourth-order valence-corrected chi connectivity index (χ4v) is 10.6. The quantitative estimate of drug-likeness (QED) is 0.155. The molecule has 2 heteroatoms. The lowest BCUT2D eigenvalue weighted by Gasteiger charge is -2.26. The van der Waals surface area contributed by atoms with Gasteiger partial charge in [-0.2, -0.15) is 0 Å². The smallest absolute Gasteiger partial charge is 0.0547 e. The van der Waals surface area contributed by atoms with E-state index in [9.17, 15) is 0 Å². The zero-order valence-electron chi connectivity index (χ0n) is 37.2. The van der Waals surface area contributed by atoms with E-state index in [1.54, 1.807) is 0 Å². The number of benzene rings is 10. The van der Waals surface area contributed by atoms with Gasteiger partial charge in [-0.3, -0.25) is 0 Å². The fourth-order valence-electron chi connectivity index (χ4n) is 10.6. The first-order valence-corrected chi connectivity index (χ1v) is 22.7. The largest absolute Gasteiger partial charge is 0.311 e. The first-order valence-electron chi connectivity index (χ1n) is 22.7. The van der Waals surface area contributed by atoms with Gasteiger partial charge in [-0.05, 0) is 147 Å². The maximum Gasteiger partial charge on any atom is 0.0547 e. The summed E-state index contributed by atoms with van der Waals surface area (Å²) >= 11 is 0. The Morgan fingerprint density at radius 2 is 0.923 bits per heavy atom. The Morgan fingerprint density at radius 1 is 0.369 bits per heavy atom. The molecule has 0 fully saturated rings. The van der Waals surface area contributed by atoms with Crippen LogP contribution >= 0.6 is 0 Å². The van der Waals surface area contributed by atoms with Gasteiger partial charge in [0.25, 0.3) is 0 Å². The van der Waals surface area contributed by atoms with Crippen LogP contribution in [0.4, 0.5) is 17.1 Å². The van der Waals surface area contributed by atoms with Crippen LogP contribution in [-0.4, -0.2) is 4.57 Å². The van der Waals surface area contributed by atoms with Crippen molar-refractivity contribution in [1.29, 1.82) is 0 Å². The summed E-state index contributed by atoms with van der Waals surface area (Å²) in [6.07, 6.45) is 0. The monoisotopic (exact) mass is 832 g/mol. The third-order valence-electron chi connectivity index (χ3n) is 13.9. The van der Waals surface area contributed by atoms with E-state index in [-0.39, 0.29) is 5.41 Å². The van der Waals surface area contributed by atoms with Gasteiger partial charge in [0, 0.05) is 38.9 Å². The minimum absolute atomic E-state index is 0.0474. The molecule has 12 rings (SSSR count). The molecule has 0 atom stereocenters. The molecule has 0 unspecified atom stereocenters. The molecule has 10 aromatic carbocycles. The second-order valence-corrected chi connectivity index (χ2v) is 18.3. The lowest BCUT2D eigenvalue weighted by atomic mass is 9.81. The number of hydrogen-bond donors (Lipinski definition) is 0. The first-order chi connectivity index (χ1) is 31.8. The minimum Gasteiger partial charge on any atom is -0.311 e. The average Bonchev–Trinajstić information content (AvgIpc) is 3.80. The number of hydrogen-bond acceptors (Lipinski definition) is 1. The van der Waals surface area contributed by atoms with Gasteiger partial charge < -0.3 is 9.47 Å². The van der Waals surface area contributed by atoms with Crippen LogP contribution in [0.5, 0.6) is 0 Å². The fraction of sp³-hybridized carbons (Fsp3) is 0.0794. The van der Waals surface area contributed by atoms with E-state index < -0.39 is 0 Å². The molecule has 0 saturated carbocycles. The Balaban J connectivity index is 0.912. The van der Waals surface area contributed by atoms with Gasteiger partial charge in [-0.1, -0.05) is 177 Å². The van der Waals surface area contributed by atoms with Gasteiger partial charge in [-0.25, -0.2) is 0 Å². The molecule has 0 bridgehead atoms. The molecular formula is C63H48N2. The maximum absolute atomic E-state index is 2.43. The highest BCUT2D eigenvalue weighted by Crippen LogP contribution is 2.50. The first kappa shape index (κ1) is 38.7. The normalized spacial score (nSPS) is 12.7. The van der Waals surface area contributed by atoms with Gasteiger partial charge in [-0.15, -0.1) is 0 Å². The standard InChI is InChI=1S/C63H48N2/c1-41-22-30-48(31-23-41)64(49-32-25-43(26-33-49)46-29-37-56-55-36-24-42(2)38-58(55)63(3,4)59(56)40-46)50-34-27-45(28-35-50)54-19-11-21-61-62(54)57-17-7-8-20-60(57)65(61)51-15-9-14-47(39-51)53-18-10-13-44-12-5-6-16-52(44)53/h5-40H,1-4H3. The van der Waals surface area contributed by atoms with E-state index >= 15 is 0 Å². The second kappa shape index (κ2) is 15.1. The summed E-state index contributed by atoms with van der Waals surface area (Å²) < 4.78 is 2.43. The van der Waals surface area contributed by atoms with Crippen LogP contribution in [0.1, 0.15) is 36.1 Å². The highest BCUT2D eigenvalue weighted by atomic mass is 15.1. The van der Waals surface area contributed by atoms with E-state index in [1.807, 2.05) is 0 Å². The Kier molecular flexibility index (Phi) is 9.00. The molecule has 0 spiro atoms. The summed E-state index contributed by atoms with van der Waals surface area (Å²) in [5.74, 6) is 0. The molecule has 1 aliphatic carbocycles. The second-order valence-electron chi connectivity index (χ2n) is 18.3. The summed E-state index contributed by atoms with van der Waals surface area (Å²) in [6.45, 7) is 9.06. The molecule has 65 heavy (non-hydrogen) atoms. The van der Waals surface area contributed by atoms with Crippen molar-refractivity contribution in [3.63, 3.8) is 0 Å². The summed E-state index contributed by atoms with van der Waals surface area (Å²) in [5.41, 5.74) is 22.2. The third-order valence-corrected chi connectivity index (χ3v) is 13.9. The van der Waals surface area contributed by atoms with Crippen LogP contribution in [0.25, 0.3) is 82.8 Å². The van der Waals surface area contributed by atoms with Crippen molar-refractivity contribution in [2.75, 3.05) is 4.90 Å². The zero-order valence-corrected chi connectivity index (χ0v) is 37.2. The Hall–Kier alpha value is -7.94. The van der Waals surface area contributed by atoms with Gasteiger partial charge in [0.2, 0.25) is 0 Å². The Labute approximate surface area is 381 Å². The molecule has 0 N–H and O–H groups in total. The van der Waals surface area contributed by atoms with Gasteiger partial charge >= 0.3 is 0 Å². The van der Waals surface area contributed by atoms with Crippen molar-refractivity contribution in [3.05, 3.63) is 241 Å². The van der Waals surface area contributed by atoms with Crippen LogP contribution < -0.4 is 4.90 Å². The number of aryl methyl sites for hydroxylation is 2. The molecule has 0 radical (unpaired) electrons. The Morgan fingerprint density at radius 3 is 1.69 bits per heavy atom. The zero-order chi connectivity index (χ0) is 43.8. The topological polar surface area (TPSA) is 8.17 Å². The average molecular weight is 833 g/mol. The van der Waals surface area contributed by atoms with Crippen LogP contribution in [-0.2, 0) is 5.41 Å². The van der Waals surface area contributed by atoms with Crippen molar-refractivity contribution in [2.24, 2.45) is 0 Å². The predicted molar refractivity (Wildman–Crippen MR) is 276 cm³/mol. The van der Waals surface area contributed by atoms with Crippen molar-refractivity contribution < 1.29 is 0 Å².